The van der Waals surface area contributed by atoms with Crippen LogP contribution in [0.25, 0.3) is 0 Å². The van der Waals surface area contributed by atoms with Crippen LogP contribution < -0.4 is 5.32 Å². The van der Waals surface area contributed by atoms with E-state index >= 15 is 0 Å². The topological polar surface area (TPSA) is 12.0 Å². The minimum absolute atomic E-state index is 0.464. The molecule has 0 aromatic heterocycles. The van der Waals surface area contributed by atoms with E-state index in [1.54, 1.807) is 6.92 Å². The number of alkyl halides is 3. The smallest absolute Gasteiger partial charge is 0.314 e. The van der Waals surface area contributed by atoms with Gasteiger partial charge >= 0.3 is 6.18 Å². The molecule has 1 aliphatic rings. The first-order chi connectivity index (χ1) is 7.38. The quantitative estimate of drug-likeness (QED) is 0.785. The fraction of sp³-hybridized carbons (Fsp3) is 1.00. The van der Waals surface area contributed by atoms with Crippen LogP contribution in [-0.2, 0) is 0 Å². The fourth-order valence-electron chi connectivity index (χ4n) is 2.47. The van der Waals surface area contributed by atoms with E-state index in [0.717, 1.165) is 13.0 Å². The average Bonchev–Trinajstić information content (AvgIpc) is 2.14. The Morgan fingerprint density at radius 2 is 1.88 bits per heavy atom. The molecule has 0 spiro atoms. The predicted octanol–water partition coefficient (Wildman–Crippen LogP) is 3.74. The molecule has 1 saturated carbocycles. The molecule has 3 unspecified atom stereocenters. The first-order valence-corrected chi connectivity index (χ1v) is 6.18. The van der Waals surface area contributed by atoms with Crippen LogP contribution in [0.4, 0.5) is 13.2 Å². The summed E-state index contributed by atoms with van der Waals surface area (Å²) < 4.78 is 36.3. The standard InChI is InChI=1S/C12H22F3N/c1-9-5-3-4-6-11(9)8-16-10(2)7-12(13,14)15/h9-11,16H,3-8H2,1-2H3. The SMILES string of the molecule is CC(CC(F)(F)F)NCC1CCCCC1C. The van der Waals surface area contributed by atoms with E-state index in [4.69, 9.17) is 0 Å². The number of nitrogens with one attached hydrogen (secondary N) is 1. The summed E-state index contributed by atoms with van der Waals surface area (Å²) >= 11 is 0. The second-order valence-corrected chi connectivity index (χ2v) is 5.15. The Balaban J connectivity index is 2.22. The van der Waals surface area contributed by atoms with E-state index in [2.05, 4.69) is 12.2 Å². The monoisotopic (exact) mass is 237 g/mol. The maximum absolute atomic E-state index is 12.1. The molecule has 0 aromatic carbocycles. The zero-order chi connectivity index (χ0) is 12.2. The maximum atomic E-state index is 12.1. The molecule has 0 heterocycles. The van der Waals surface area contributed by atoms with Crippen LogP contribution in [0.5, 0.6) is 0 Å². The Kier molecular flexibility index (Phi) is 5.09. The van der Waals surface area contributed by atoms with Gasteiger partial charge in [0.1, 0.15) is 0 Å². The highest BCUT2D eigenvalue weighted by Gasteiger charge is 2.30. The summed E-state index contributed by atoms with van der Waals surface area (Å²) in [5.74, 6) is 1.21. The Hall–Kier alpha value is -0.250. The first kappa shape index (κ1) is 13.8. The fourth-order valence-corrected chi connectivity index (χ4v) is 2.47. The summed E-state index contributed by atoms with van der Waals surface area (Å²) in [7, 11) is 0. The lowest BCUT2D eigenvalue weighted by atomic mass is 9.80. The third-order valence-electron chi connectivity index (χ3n) is 3.56. The van der Waals surface area contributed by atoms with Gasteiger partial charge in [-0.05, 0) is 31.7 Å². The van der Waals surface area contributed by atoms with Gasteiger partial charge in [-0.1, -0.05) is 26.2 Å². The second kappa shape index (κ2) is 5.89. The molecule has 1 N–H and O–H groups in total. The molecular weight excluding hydrogens is 215 g/mol. The molecule has 0 aromatic rings. The highest BCUT2D eigenvalue weighted by atomic mass is 19.4. The molecule has 3 atom stereocenters. The van der Waals surface area contributed by atoms with Gasteiger partial charge in [-0.3, -0.25) is 0 Å². The maximum Gasteiger partial charge on any atom is 0.390 e. The molecule has 0 aliphatic heterocycles. The van der Waals surface area contributed by atoms with Crippen molar-refractivity contribution in [3.63, 3.8) is 0 Å². The van der Waals surface area contributed by atoms with Gasteiger partial charge in [0.25, 0.3) is 0 Å². The van der Waals surface area contributed by atoms with Crippen LogP contribution in [-0.4, -0.2) is 18.8 Å². The third-order valence-corrected chi connectivity index (χ3v) is 3.56. The first-order valence-electron chi connectivity index (χ1n) is 6.18. The number of rotatable bonds is 4. The summed E-state index contributed by atoms with van der Waals surface area (Å²) in [4.78, 5) is 0. The van der Waals surface area contributed by atoms with E-state index in [-0.39, 0.29) is 0 Å². The third kappa shape index (κ3) is 5.19. The Morgan fingerprint density at radius 1 is 1.25 bits per heavy atom. The van der Waals surface area contributed by atoms with Gasteiger partial charge in [0.2, 0.25) is 0 Å². The zero-order valence-corrected chi connectivity index (χ0v) is 10.1. The molecule has 0 bridgehead atoms. The Morgan fingerprint density at radius 3 is 2.44 bits per heavy atom. The molecule has 16 heavy (non-hydrogen) atoms. The van der Waals surface area contributed by atoms with Crippen LogP contribution in [0.15, 0.2) is 0 Å². The highest BCUT2D eigenvalue weighted by molar-refractivity contribution is 4.76. The van der Waals surface area contributed by atoms with Crippen molar-refractivity contribution in [3.8, 4) is 0 Å². The van der Waals surface area contributed by atoms with Crippen LogP contribution >= 0.6 is 0 Å². The van der Waals surface area contributed by atoms with Crippen LogP contribution in [0.2, 0.25) is 0 Å². The van der Waals surface area contributed by atoms with E-state index in [9.17, 15) is 13.2 Å². The second-order valence-electron chi connectivity index (χ2n) is 5.15. The molecular formula is C12H22F3N. The van der Waals surface area contributed by atoms with Crippen LogP contribution in [0.3, 0.4) is 0 Å². The van der Waals surface area contributed by atoms with Crippen molar-refractivity contribution in [2.24, 2.45) is 11.8 Å². The van der Waals surface area contributed by atoms with E-state index in [1.165, 1.54) is 19.3 Å². The van der Waals surface area contributed by atoms with Crippen molar-refractivity contribution >= 4 is 0 Å². The molecule has 1 fully saturated rings. The van der Waals surface area contributed by atoms with E-state index in [0.29, 0.717) is 11.8 Å². The highest BCUT2D eigenvalue weighted by Crippen LogP contribution is 2.29. The number of hydrogen-bond donors (Lipinski definition) is 1. The van der Waals surface area contributed by atoms with Crippen molar-refractivity contribution in [3.05, 3.63) is 0 Å². The van der Waals surface area contributed by atoms with Gasteiger partial charge in [-0.25, -0.2) is 0 Å². The van der Waals surface area contributed by atoms with Crippen molar-refractivity contribution in [1.29, 1.82) is 0 Å². The summed E-state index contributed by atoms with van der Waals surface area (Å²) in [6.07, 6.45) is 0.103. The number of hydrogen-bond acceptors (Lipinski definition) is 1. The average molecular weight is 237 g/mol. The molecule has 96 valence electrons. The lowest BCUT2D eigenvalue weighted by molar-refractivity contribution is -0.139. The van der Waals surface area contributed by atoms with Gasteiger partial charge in [-0.15, -0.1) is 0 Å². The normalized spacial score (nSPS) is 29.1. The summed E-state index contributed by atoms with van der Waals surface area (Å²) in [6, 6.07) is -0.464. The minimum atomic E-state index is -4.05. The van der Waals surface area contributed by atoms with Crippen molar-refractivity contribution < 1.29 is 13.2 Å². The van der Waals surface area contributed by atoms with Gasteiger partial charge < -0.3 is 5.32 Å². The predicted molar refractivity (Wildman–Crippen MR) is 59.3 cm³/mol. The van der Waals surface area contributed by atoms with Crippen LogP contribution in [0, 0.1) is 11.8 Å². The largest absolute Gasteiger partial charge is 0.390 e. The van der Waals surface area contributed by atoms with Crippen molar-refractivity contribution in [2.75, 3.05) is 6.54 Å². The Labute approximate surface area is 95.8 Å². The molecule has 0 amide bonds. The zero-order valence-electron chi connectivity index (χ0n) is 10.1. The summed E-state index contributed by atoms with van der Waals surface area (Å²) in [5, 5.41) is 3.02. The molecule has 4 heteroatoms. The molecule has 1 nitrogen and oxygen atoms in total. The number of halogens is 3. The minimum Gasteiger partial charge on any atom is -0.314 e. The van der Waals surface area contributed by atoms with Crippen molar-refractivity contribution in [2.45, 2.75) is 58.2 Å². The lowest BCUT2D eigenvalue weighted by Gasteiger charge is -2.30. The van der Waals surface area contributed by atoms with E-state index < -0.39 is 18.6 Å². The molecule has 1 rings (SSSR count). The van der Waals surface area contributed by atoms with Gasteiger partial charge in [0, 0.05) is 6.04 Å². The molecule has 0 saturated heterocycles. The van der Waals surface area contributed by atoms with Gasteiger partial charge in [0.05, 0.1) is 6.42 Å². The summed E-state index contributed by atoms with van der Waals surface area (Å²) in [6.45, 7) is 4.55. The summed E-state index contributed by atoms with van der Waals surface area (Å²) in [5.41, 5.74) is 0. The molecule has 1 aliphatic carbocycles. The lowest BCUT2D eigenvalue weighted by Crippen LogP contribution is -2.37. The van der Waals surface area contributed by atoms with Gasteiger partial charge in [0.15, 0.2) is 0 Å². The van der Waals surface area contributed by atoms with Crippen LogP contribution in [0.1, 0.15) is 46.0 Å². The van der Waals surface area contributed by atoms with E-state index in [1.807, 2.05) is 0 Å². The molecule has 0 radical (unpaired) electrons. The Bertz CT molecular complexity index is 203. The van der Waals surface area contributed by atoms with Gasteiger partial charge in [-0.2, -0.15) is 13.2 Å². The van der Waals surface area contributed by atoms with Crippen molar-refractivity contribution in [1.82, 2.24) is 5.32 Å².